The molecule has 0 heterocycles. The highest BCUT2D eigenvalue weighted by atomic mass is 16.5. The molecular formula is C16H24N2O3. The van der Waals surface area contributed by atoms with Crippen LogP contribution >= 0.6 is 0 Å². The minimum atomic E-state index is -0.124. The molecule has 1 amide bonds. The van der Waals surface area contributed by atoms with Gasteiger partial charge in [0.15, 0.2) is 11.5 Å². The first-order valence-corrected chi connectivity index (χ1v) is 7.40. The maximum absolute atomic E-state index is 12.3. The molecule has 0 spiro atoms. The third kappa shape index (κ3) is 3.88. The molecule has 0 radical (unpaired) electrons. The number of nitrogens with one attached hydrogen (secondary N) is 1. The highest BCUT2D eigenvalue weighted by Crippen LogP contribution is 2.30. The molecule has 5 nitrogen and oxygen atoms in total. The van der Waals surface area contributed by atoms with Gasteiger partial charge in [0, 0.05) is 12.6 Å². The van der Waals surface area contributed by atoms with Gasteiger partial charge >= 0.3 is 0 Å². The van der Waals surface area contributed by atoms with Crippen molar-refractivity contribution >= 4 is 5.91 Å². The van der Waals surface area contributed by atoms with Gasteiger partial charge in [-0.15, -0.1) is 0 Å². The number of nitrogens with two attached hydrogens (primary N) is 1. The number of rotatable bonds is 5. The molecule has 0 aromatic heterocycles. The predicted octanol–water partition coefficient (Wildman–Crippen LogP) is 1.95. The lowest BCUT2D eigenvalue weighted by Crippen LogP contribution is -2.34. The van der Waals surface area contributed by atoms with E-state index in [1.807, 2.05) is 0 Å². The lowest BCUT2D eigenvalue weighted by atomic mass is 9.86. The minimum Gasteiger partial charge on any atom is -0.493 e. The molecule has 21 heavy (non-hydrogen) atoms. The molecule has 1 aromatic rings. The first-order chi connectivity index (χ1) is 10.2. The molecule has 1 saturated carbocycles. The Labute approximate surface area is 125 Å². The van der Waals surface area contributed by atoms with Crippen LogP contribution in [0.15, 0.2) is 18.2 Å². The van der Waals surface area contributed by atoms with E-state index < -0.39 is 0 Å². The van der Waals surface area contributed by atoms with E-state index in [0.29, 0.717) is 35.6 Å². The zero-order valence-electron chi connectivity index (χ0n) is 12.7. The average Bonchev–Trinajstić information content (AvgIpc) is 2.53. The van der Waals surface area contributed by atoms with Crippen molar-refractivity contribution in [3.63, 3.8) is 0 Å². The van der Waals surface area contributed by atoms with Gasteiger partial charge in [-0.2, -0.15) is 0 Å². The first-order valence-electron chi connectivity index (χ1n) is 7.40. The summed E-state index contributed by atoms with van der Waals surface area (Å²) >= 11 is 0. The molecule has 1 aromatic carbocycles. The van der Waals surface area contributed by atoms with Crippen molar-refractivity contribution in [1.82, 2.24) is 5.32 Å². The van der Waals surface area contributed by atoms with Gasteiger partial charge in [-0.3, -0.25) is 4.79 Å². The van der Waals surface area contributed by atoms with Gasteiger partial charge in [-0.1, -0.05) is 6.07 Å². The maximum Gasteiger partial charge on any atom is 0.255 e. The van der Waals surface area contributed by atoms with Gasteiger partial charge < -0.3 is 20.5 Å². The monoisotopic (exact) mass is 292 g/mol. The van der Waals surface area contributed by atoms with Crippen molar-refractivity contribution in [2.45, 2.75) is 31.7 Å². The van der Waals surface area contributed by atoms with E-state index >= 15 is 0 Å². The predicted molar refractivity (Wildman–Crippen MR) is 81.8 cm³/mol. The van der Waals surface area contributed by atoms with Crippen molar-refractivity contribution < 1.29 is 14.3 Å². The Hall–Kier alpha value is -1.75. The van der Waals surface area contributed by atoms with Gasteiger partial charge in [0.2, 0.25) is 0 Å². The molecule has 5 heteroatoms. The van der Waals surface area contributed by atoms with Crippen LogP contribution < -0.4 is 20.5 Å². The van der Waals surface area contributed by atoms with Gasteiger partial charge in [0.25, 0.3) is 5.91 Å². The van der Waals surface area contributed by atoms with E-state index in [1.165, 1.54) is 7.11 Å². The smallest absolute Gasteiger partial charge is 0.255 e. The van der Waals surface area contributed by atoms with Crippen LogP contribution in [0.25, 0.3) is 0 Å². The Bertz CT molecular complexity index is 482. The molecule has 3 N–H and O–H groups in total. The number of carbonyl (C=O) groups is 1. The van der Waals surface area contributed by atoms with E-state index in [0.717, 1.165) is 25.7 Å². The summed E-state index contributed by atoms with van der Waals surface area (Å²) < 4.78 is 10.5. The maximum atomic E-state index is 12.3. The zero-order chi connectivity index (χ0) is 15.2. The quantitative estimate of drug-likeness (QED) is 0.870. The normalized spacial score (nSPS) is 21.7. The number of para-hydroxylation sites is 1. The minimum absolute atomic E-state index is 0.124. The summed E-state index contributed by atoms with van der Waals surface area (Å²) in [6.07, 6.45) is 4.25. The zero-order valence-corrected chi connectivity index (χ0v) is 12.7. The third-order valence-electron chi connectivity index (χ3n) is 4.09. The topological polar surface area (TPSA) is 73.6 Å². The Morgan fingerprint density at radius 1 is 1.24 bits per heavy atom. The molecule has 0 bridgehead atoms. The standard InChI is InChI=1S/C16H24N2O3/c1-20-14-5-3-4-13(15(14)21-2)16(19)18-10-11-6-8-12(17)9-7-11/h3-5,11-12H,6-10,17H2,1-2H3,(H,18,19). The van der Waals surface area contributed by atoms with Crippen molar-refractivity contribution in [2.24, 2.45) is 11.7 Å². The number of benzene rings is 1. The third-order valence-corrected chi connectivity index (χ3v) is 4.09. The summed E-state index contributed by atoms with van der Waals surface area (Å²) in [7, 11) is 3.10. The Kier molecular flexibility index (Phi) is 5.44. The van der Waals surface area contributed by atoms with Crippen LogP contribution in [0, 0.1) is 5.92 Å². The summed E-state index contributed by atoms with van der Waals surface area (Å²) in [5, 5.41) is 2.99. The second kappa shape index (κ2) is 7.31. The van der Waals surface area contributed by atoms with Gasteiger partial charge in [0.1, 0.15) is 0 Å². The fourth-order valence-electron chi connectivity index (χ4n) is 2.79. The molecule has 1 aliphatic carbocycles. The molecule has 2 rings (SSSR count). The lowest BCUT2D eigenvalue weighted by Gasteiger charge is -2.26. The van der Waals surface area contributed by atoms with E-state index in [4.69, 9.17) is 15.2 Å². The van der Waals surface area contributed by atoms with E-state index in [-0.39, 0.29) is 5.91 Å². The van der Waals surface area contributed by atoms with Crippen molar-refractivity contribution in [2.75, 3.05) is 20.8 Å². The molecule has 1 aliphatic rings. The molecule has 0 atom stereocenters. The fraction of sp³-hybridized carbons (Fsp3) is 0.562. The Balaban J connectivity index is 1.97. The fourth-order valence-corrected chi connectivity index (χ4v) is 2.79. The second-order valence-corrected chi connectivity index (χ2v) is 5.53. The highest BCUT2D eigenvalue weighted by molar-refractivity contribution is 5.97. The van der Waals surface area contributed by atoms with E-state index in [9.17, 15) is 4.79 Å². The van der Waals surface area contributed by atoms with Crippen molar-refractivity contribution in [1.29, 1.82) is 0 Å². The van der Waals surface area contributed by atoms with Gasteiger partial charge in [-0.25, -0.2) is 0 Å². The first kappa shape index (κ1) is 15.6. The van der Waals surface area contributed by atoms with Crippen LogP contribution in [0.5, 0.6) is 11.5 Å². The van der Waals surface area contributed by atoms with Crippen LogP contribution in [0.2, 0.25) is 0 Å². The Morgan fingerprint density at radius 2 is 1.95 bits per heavy atom. The molecule has 1 fully saturated rings. The summed E-state index contributed by atoms with van der Waals surface area (Å²) in [5.41, 5.74) is 6.40. The number of methoxy groups -OCH3 is 2. The van der Waals surface area contributed by atoms with Gasteiger partial charge in [-0.05, 0) is 43.7 Å². The molecule has 0 unspecified atom stereocenters. The number of hydrogen-bond donors (Lipinski definition) is 2. The van der Waals surface area contributed by atoms with Crippen LogP contribution in [-0.2, 0) is 0 Å². The lowest BCUT2D eigenvalue weighted by molar-refractivity contribution is 0.0939. The van der Waals surface area contributed by atoms with Crippen molar-refractivity contribution in [3.8, 4) is 11.5 Å². The summed E-state index contributed by atoms with van der Waals surface area (Å²) in [5.74, 6) is 1.43. The van der Waals surface area contributed by atoms with Crippen molar-refractivity contribution in [3.05, 3.63) is 23.8 Å². The number of ether oxygens (including phenoxy) is 2. The largest absolute Gasteiger partial charge is 0.493 e. The summed E-state index contributed by atoms with van der Waals surface area (Å²) in [6.45, 7) is 0.686. The van der Waals surface area contributed by atoms with E-state index in [2.05, 4.69) is 5.32 Å². The van der Waals surface area contributed by atoms with Crippen LogP contribution in [0.3, 0.4) is 0 Å². The molecule has 0 saturated heterocycles. The number of carbonyl (C=O) groups excluding carboxylic acids is 1. The number of amides is 1. The van der Waals surface area contributed by atoms with Crippen LogP contribution in [-0.4, -0.2) is 32.7 Å². The Morgan fingerprint density at radius 3 is 2.57 bits per heavy atom. The van der Waals surface area contributed by atoms with E-state index in [1.54, 1.807) is 25.3 Å². The second-order valence-electron chi connectivity index (χ2n) is 5.53. The molecular weight excluding hydrogens is 268 g/mol. The van der Waals surface area contributed by atoms with Crippen LogP contribution in [0.4, 0.5) is 0 Å². The molecule has 116 valence electrons. The molecule has 0 aliphatic heterocycles. The summed E-state index contributed by atoms with van der Waals surface area (Å²) in [6, 6.07) is 5.64. The highest BCUT2D eigenvalue weighted by Gasteiger charge is 2.21. The SMILES string of the molecule is COc1cccc(C(=O)NCC2CCC(N)CC2)c1OC. The number of hydrogen-bond acceptors (Lipinski definition) is 4. The van der Waals surface area contributed by atoms with Gasteiger partial charge in [0.05, 0.1) is 19.8 Å². The van der Waals surface area contributed by atoms with Crippen LogP contribution in [0.1, 0.15) is 36.0 Å². The summed E-state index contributed by atoms with van der Waals surface area (Å²) in [4.78, 5) is 12.3. The average molecular weight is 292 g/mol.